The number of nitrogens with zero attached hydrogens (tertiary/aromatic N) is 4. The average molecular weight is 386 g/mol. The standard InChI is InChI=1S/C6H4I2N4/c1-12-2-9-3-4(7)10-6(8)11-5(3)12/h2H,1H3. The number of aromatic nitrogens is 4. The van der Waals surface area contributed by atoms with Crippen LogP contribution in [0.3, 0.4) is 0 Å². The van der Waals surface area contributed by atoms with Gasteiger partial charge in [0.25, 0.3) is 0 Å². The van der Waals surface area contributed by atoms with E-state index in [1.807, 2.05) is 11.6 Å². The van der Waals surface area contributed by atoms with E-state index in [0.29, 0.717) is 0 Å². The Morgan fingerprint density at radius 3 is 2.83 bits per heavy atom. The van der Waals surface area contributed by atoms with Gasteiger partial charge in [-0.3, -0.25) is 0 Å². The molecule has 12 heavy (non-hydrogen) atoms. The predicted molar refractivity (Wildman–Crippen MR) is 61.7 cm³/mol. The van der Waals surface area contributed by atoms with Crippen LogP contribution in [-0.2, 0) is 7.05 Å². The molecule has 0 unspecified atom stereocenters. The second-order valence-corrected chi connectivity index (χ2v) is 4.30. The number of imidazole rings is 1. The van der Waals surface area contributed by atoms with Gasteiger partial charge in [0.2, 0.25) is 0 Å². The van der Waals surface area contributed by atoms with Crippen LogP contribution in [-0.4, -0.2) is 19.5 Å². The van der Waals surface area contributed by atoms with Crippen molar-refractivity contribution < 1.29 is 0 Å². The molecule has 0 atom stereocenters. The van der Waals surface area contributed by atoms with Crippen LogP contribution in [0.2, 0.25) is 0 Å². The summed E-state index contributed by atoms with van der Waals surface area (Å²) in [5.41, 5.74) is 1.76. The van der Waals surface area contributed by atoms with Crippen molar-refractivity contribution in [2.45, 2.75) is 0 Å². The molecule has 0 amide bonds. The first-order valence-corrected chi connectivity index (χ1v) is 5.34. The van der Waals surface area contributed by atoms with E-state index in [2.05, 4.69) is 60.1 Å². The smallest absolute Gasteiger partial charge is 0.193 e. The van der Waals surface area contributed by atoms with Gasteiger partial charge in [0.05, 0.1) is 6.33 Å². The van der Waals surface area contributed by atoms with Gasteiger partial charge in [-0.15, -0.1) is 0 Å². The molecular formula is C6H4I2N4. The second kappa shape index (κ2) is 3.05. The van der Waals surface area contributed by atoms with Gasteiger partial charge in [-0.05, 0) is 22.6 Å². The van der Waals surface area contributed by atoms with Crippen LogP contribution >= 0.6 is 45.2 Å². The minimum Gasteiger partial charge on any atom is -0.318 e. The van der Waals surface area contributed by atoms with E-state index in [0.717, 1.165) is 18.7 Å². The van der Waals surface area contributed by atoms with Crippen molar-refractivity contribution >= 4 is 56.3 Å². The summed E-state index contributed by atoms with van der Waals surface area (Å²) in [6, 6.07) is 0. The molecule has 0 saturated carbocycles. The Morgan fingerprint density at radius 1 is 1.33 bits per heavy atom. The molecule has 0 aliphatic rings. The summed E-state index contributed by atoms with van der Waals surface area (Å²) < 4.78 is 3.55. The predicted octanol–water partition coefficient (Wildman–Crippen LogP) is 1.57. The van der Waals surface area contributed by atoms with Crippen molar-refractivity contribution in [3.63, 3.8) is 0 Å². The molecule has 62 valence electrons. The lowest BCUT2D eigenvalue weighted by Gasteiger charge is -1.95. The maximum absolute atomic E-state index is 4.27. The molecule has 0 saturated heterocycles. The second-order valence-electron chi connectivity index (χ2n) is 2.31. The van der Waals surface area contributed by atoms with E-state index >= 15 is 0 Å². The molecule has 6 heteroatoms. The molecule has 2 aromatic heterocycles. The van der Waals surface area contributed by atoms with Gasteiger partial charge in [-0.2, -0.15) is 0 Å². The molecule has 0 aromatic carbocycles. The van der Waals surface area contributed by atoms with Crippen LogP contribution in [0.4, 0.5) is 0 Å². The Hall–Kier alpha value is 0.01000. The van der Waals surface area contributed by atoms with E-state index < -0.39 is 0 Å². The minimum absolute atomic E-state index is 0.758. The summed E-state index contributed by atoms with van der Waals surface area (Å²) in [6.07, 6.45) is 1.75. The highest BCUT2D eigenvalue weighted by molar-refractivity contribution is 14.1. The number of hydrogen-bond acceptors (Lipinski definition) is 3. The van der Waals surface area contributed by atoms with Gasteiger partial charge in [0.1, 0.15) is 9.22 Å². The third kappa shape index (κ3) is 1.30. The first kappa shape index (κ1) is 8.60. The first-order valence-electron chi connectivity index (χ1n) is 3.18. The van der Waals surface area contributed by atoms with Crippen molar-refractivity contribution in [3.05, 3.63) is 13.9 Å². The zero-order chi connectivity index (χ0) is 8.72. The van der Waals surface area contributed by atoms with Crippen LogP contribution in [0.15, 0.2) is 6.33 Å². The van der Waals surface area contributed by atoms with Crippen molar-refractivity contribution in [2.24, 2.45) is 7.05 Å². The Labute approximate surface area is 96.1 Å². The molecular weight excluding hydrogens is 382 g/mol. The number of hydrogen-bond donors (Lipinski definition) is 0. The number of rotatable bonds is 0. The lowest BCUT2D eigenvalue weighted by atomic mass is 10.6. The third-order valence-electron chi connectivity index (χ3n) is 1.49. The normalized spacial score (nSPS) is 10.9. The molecule has 2 heterocycles. The topological polar surface area (TPSA) is 43.6 Å². The average Bonchev–Trinajstić information content (AvgIpc) is 2.33. The summed E-state index contributed by atoms with van der Waals surface area (Å²) in [6.45, 7) is 0. The summed E-state index contributed by atoms with van der Waals surface area (Å²) in [5.74, 6) is 0. The Kier molecular flexibility index (Phi) is 2.19. The van der Waals surface area contributed by atoms with Crippen LogP contribution < -0.4 is 0 Å². The molecule has 0 N–H and O–H groups in total. The van der Waals surface area contributed by atoms with E-state index in [4.69, 9.17) is 0 Å². The van der Waals surface area contributed by atoms with Gasteiger partial charge in [0, 0.05) is 29.6 Å². The van der Waals surface area contributed by atoms with Gasteiger partial charge in [-0.1, -0.05) is 0 Å². The Morgan fingerprint density at radius 2 is 2.08 bits per heavy atom. The monoisotopic (exact) mass is 386 g/mol. The Balaban J connectivity index is 2.92. The van der Waals surface area contributed by atoms with E-state index in [1.165, 1.54) is 0 Å². The molecule has 0 radical (unpaired) electrons. The minimum atomic E-state index is 0.758. The largest absolute Gasteiger partial charge is 0.318 e. The molecule has 0 aliphatic heterocycles. The fraction of sp³-hybridized carbons (Fsp3) is 0.167. The van der Waals surface area contributed by atoms with Gasteiger partial charge in [0.15, 0.2) is 9.48 Å². The summed E-state index contributed by atoms with van der Waals surface area (Å²) >= 11 is 4.26. The number of halogens is 2. The fourth-order valence-corrected chi connectivity index (χ4v) is 2.49. The lowest BCUT2D eigenvalue weighted by Crippen LogP contribution is -1.95. The van der Waals surface area contributed by atoms with Crippen molar-refractivity contribution in [2.75, 3.05) is 0 Å². The van der Waals surface area contributed by atoms with E-state index in [-0.39, 0.29) is 0 Å². The van der Waals surface area contributed by atoms with Gasteiger partial charge < -0.3 is 4.57 Å². The summed E-state index contributed by atoms with van der Waals surface area (Å²) in [4.78, 5) is 12.7. The Bertz CT molecular complexity index is 436. The van der Waals surface area contributed by atoms with Gasteiger partial charge in [-0.25, -0.2) is 15.0 Å². The molecule has 0 aliphatic carbocycles. The van der Waals surface area contributed by atoms with Crippen molar-refractivity contribution in [1.29, 1.82) is 0 Å². The molecule has 0 bridgehead atoms. The lowest BCUT2D eigenvalue weighted by molar-refractivity contribution is 0.922. The number of fused-ring (bicyclic) bond motifs is 1. The van der Waals surface area contributed by atoms with E-state index in [9.17, 15) is 0 Å². The zero-order valence-corrected chi connectivity index (χ0v) is 10.4. The van der Waals surface area contributed by atoms with Crippen molar-refractivity contribution in [1.82, 2.24) is 19.5 Å². The number of aryl methyl sites for hydroxylation is 1. The maximum atomic E-state index is 4.27. The highest BCUT2D eigenvalue weighted by Crippen LogP contribution is 2.15. The highest BCUT2D eigenvalue weighted by atomic mass is 127. The molecule has 2 rings (SSSR count). The SMILES string of the molecule is Cn1cnc2c(I)nc(I)nc21. The third-order valence-corrected chi connectivity index (χ3v) is 2.72. The van der Waals surface area contributed by atoms with Gasteiger partial charge >= 0.3 is 0 Å². The molecule has 4 nitrogen and oxygen atoms in total. The maximum Gasteiger partial charge on any atom is 0.193 e. The van der Waals surface area contributed by atoms with Crippen molar-refractivity contribution in [3.8, 4) is 0 Å². The molecule has 0 fully saturated rings. The van der Waals surface area contributed by atoms with Crippen LogP contribution in [0.1, 0.15) is 0 Å². The molecule has 0 spiro atoms. The summed E-state index contributed by atoms with van der Waals surface area (Å²) in [7, 11) is 1.93. The van der Waals surface area contributed by atoms with E-state index in [1.54, 1.807) is 6.33 Å². The quantitative estimate of drug-likeness (QED) is 0.393. The first-order chi connectivity index (χ1) is 5.68. The van der Waals surface area contributed by atoms with Crippen LogP contribution in [0.25, 0.3) is 11.2 Å². The zero-order valence-electron chi connectivity index (χ0n) is 6.12. The summed E-state index contributed by atoms with van der Waals surface area (Å²) in [5, 5.41) is 0. The van der Waals surface area contributed by atoms with Crippen LogP contribution in [0, 0.1) is 7.53 Å². The van der Waals surface area contributed by atoms with Crippen LogP contribution in [0.5, 0.6) is 0 Å². The molecule has 2 aromatic rings. The highest BCUT2D eigenvalue weighted by Gasteiger charge is 2.07. The fourth-order valence-electron chi connectivity index (χ4n) is 0.947.